The second kappa shape index (κ2) is 8.33. The predicted octanol–water partition coefficient (Wildman–Crippen LogP) is 5.46. The fourth-order valence-corrected chi connectivity index (χ4v) is 4.91. The maximum absolute atomic E-state index is 12.5. The smallest absolute Gasteiger partial charge is 0.178 e. The first-order valence-electron chi connectivity index (χ1n) is 10.7. The number of nitrogens with one attached hydrogen (secondary N) is 1. The lowest BCUT2D eigenvalue weighted by Crippen LogP contribution is -2.03. The Hall–Kier alpha value is -3.71. The minimum atomic E-state index is -3.32. The number of aromatic amines is 1. The van der Waals surface area contributed by atoms with Crippen molar-refractivity contribution in [3.05, 3.63) is 84.3 Å². The number of H-pyrrole nitrogens is 1. The Kier molecular flexibility index (Phi) is 5.34. The highest BCUT2D eigenvalue weighted by Crippen LogP contribution is 2.39. The summed E-state index contributed by atoms with van der Waals surface area (Å²) in [5.74, 6) is 0.745. The Balaban J connectivity index is 1.70. The molecule has 0 spiro atoms. The highest BCUT2D eigenvalue weighted by Gasteiger charge is 2.18. The zero-order valence-corrected chi connectivity index (χ0v) is 19.2. The molecule has 166 valence electrons. The molecule has 0 aliphatic rings. The molecule has 0 saturated carbocycles. The molecule has 5 aromatic rings. The summed E-state index contributed by atoms with van der Waals surface area (Å²) in [6, 6.07) is 18.8. The largest absolute Gasteiger partial charge is 0.485 e. The topological polar surface area (TPSA) is 84.9 Å². The molecule has 0 saturated heterocycles. The van der Waals surface area contributed by atoms with Crippen molar-refractivity contribution in [1.82, 2.24) is 15.0 Å². The predicted molar refractivity (Wildman–Crippen MR) is 130 cm³/mol. The van der Waals surface area contributed by atoms with Crippen LogP contribution in [0.25, 0.3) is 33.1 Å². The molecule has 0 aliphatic carbocycles. The molecule has 0 atom stereocenters. The van der Waals surface area contributed by atoms with Gasteiger partial charge in [-0.15, -0.1) is 0 Å². The maximum atomic E-state index is 12.5. The monoisotopic (exact) mass is 457 g/mol. The van der Waals surface area contributed by atoms with Gasteiger partial charge in [0.2, 0.25) is 0 Å². The average molecular weight is 458 g/mol. The van der Waals surface area contributed by atoms with Gasteiger partial charge in [-0.25, -0.2) is 13.4 Å². The number of ether oxygens (including phenoxy) is 1. The molecular weight excluding hydrogens is 434 g/mol. The fraction of sp³-hybridized carbons (Fsp3) is 0.154. The molecular formula is C26H23N3O3S. The van der Waals surface area contributed by atoms with E-state index in [1.54, 1.807) is 31.3 Å². The Bertz CT molecular complexity index is 1580. The van der Waals surface area contributed by atoms with Gasteiger partial charge in [0.05, 0.1) is 21.9 Å². The molecule has 0 fully saturated rings. The van der Waals surface area contributed by atoms with Crippen LogP contribution in [-0.2, 0) is 16.4 Å². The van der Waals surface area contributed by atoms with E-state index < -0.39 is 9.84 Å². The van der Waals surface area contributed by atoms with Gasteiger partial charge < -0.3 is 9.72 Å². The Labute approximate surface area is 192 Å². The summed E-state index contributed by atoms with van der Waals surface area (Å²) >= 11 is 0. The first kappa shape index (κ1) is 21.2. The second-order valence-corrected chi connectivity index (χ2v) is 10.2. The summed E-state index contributed by atoms with van der Waals surface area (Å²) in [6.45, 7) is 3.99. The van der Waals surface area contributed by atoms with E-state index in [2.05, 4.69) is 21.0 Å². The van der Waals surface area contributed by atoms with Crippen molar-refractivity contribution < 1.29 is 13.2 Å². The molecule has 2 aromatic carbocycles. The first-order chi connectivity index (χ1) is 16.0. The van der Waals surface area contributed by atoms with Crippen LogP contribution < -0.4 is 4.74 Å². The number of sulfone groups is 1. The number of benzene rings is 2. The SMILES string of the molecule is CCS(=O)(=O)c1cccc(-c2ccc(OCc3ccccn3)c3[nH]c4ncc(C)cc4c23)c1. The number of pyridine rings is 2. The van der Waals surface area contributed by atoms with Crippen LogP contribution in [0.5, 0.6) is 5.75 Å². The van der Waals surface area contributed by atoms with Crippen molar-refractivity contribution >= 4 is 31.8 Å². The number of hydrogen-bond donors (Lipinski definition) is 1. The van der Waals surface area contributed by atoms with Gasteiger partial charge in [0.1, 0.15) is 18.0 Å². The van der Waals surface area contributed by atoms with Gasteiger partial charge in [-0.2, -0.15) is 0 Å². The average Bonchev–Trinajstić information content (AvgIpc) is 3.22. The molecule has 7 heteroatoms. The van der Waals surface area contributed by atoms with Crippen molar-refractivity contribution in [2.24, 2.45) is 0 Å². The highest BCUT2D eigenvalue weighted by atomic mass is 32.2. The minimum Gasteiger partial charge on any atom is -0.485 e. The Morgan fingerprint density at radius 2 is 1.88 bits per heavy atom. The van der Waals surface area contributed by atoms with Crippen LogP contribution in [0.3, 0.4) is 0 Å². The quantitative estimate of drug-likeness (QED) is 0.366. The second-order valence-electron chi connectivity index (χ2n) is 7.94. The Morgan fingerprint density at radius 1 is 1.00 bits per heavy atom. The summed E-state index contributed by atoms with van der Waals surface area (Å²) in [7, 11) is -3.32. The normalized spacial score (nSPS) is 11.8. The molecule has 33 heavy (non-hydrogen) atoms. The van der Waals surface area contributed by atoms with Crippen LogP contribution in [0.4, 0.5) is 0 Å². The molecule has 1 N–H and O–H groups in total. The molecule has 0 aliphatic heterocycles. The standard InChI is InChI=1S/C26H23N3O3S/c1-3-33(30,31)20-9-6-7-18(14-20)21-10-11-23(32-16-19-8-4-5-12-27-19)25-24(21)22-13-17(2)15-28-26(22)29-25/h4-15H,3,16H2,1-2H3,(H,28,29). The summed E-state index contributed by atoms with van der Waals surface area (Å²) in [6.07, 6.45) is 3.56. The molecule has 6 nitrogen and oxygen atoms in total. The molecule has 3 heterocycles. The third-order valence-corrected chi connectivity index (χ3v) is 7.42. The molecule has 5 rings (SSSR count). The van der Waals surface area contributed by atoms with E-state index in [4.69, 9.17) is 4.74 Å². The third kappa shape index (κ3) is 3.96. The van der Waals surface area contributed by atoms with Crippen molar-refractivity contribution in [3.8, 4) is 16.9 Å². The first-order valence-corrected chi connectivity index (χ1v) is 12.4. The van der Waals surface area contributed by atoms with E-state index in [0.29, 0.717) is 17.3 Å². The van der Waals surface area contributed by atoms with Crippen LogP contribution in [0.15, 0.2) is 78.0 Å². The Morgan fingerprint density at radius 3 is 2.67 bits per heavy atom. The van der Waals surface area contributed by atoms with Gasteiger partial charge in [0, 0.05) is 23.2 Å². The summed E-state index contributed by atoms with van der Waals surface area (Å²) in [4.78, 5) is 12.6. The molecule has 0 bridgehead atoms. The van der Waals surface area contributed by atoms with Crippen LogP contribution >= 0.6 is 0 Å². The van der Waals surface area contributed by atoms with Crippen LogP contribution in [0.2, 0.25) is 0 Å². The van der Waals surface area contributed by atoms with Crippen molar-refractivity contribution in [3.63, 3.8) is 0 Å². The maximum Gasteiger partial charge on any atom is 0.178 e. The number of hydrogen-bond acceptors (Lipinski definition) is 5. The lowest BCUT2D eigenvalue weighted by molar-refractivity contribution is 0.304. The lowest BCUT2D eigenvalue weighted by Gasteiger charge is -2.11. The number of nitrogens with zero attached hydrogens (tertiary/aromatic N) is 2. The van der Waals surface area contributed by atoms with E-state index in [0.717, 1.165) is 44.3 Å². The van der Waals surface area contributed by atoms with Gasteiger partial charge in [0.15, 0.2) is 9.84 Å². The number of rotatable bonds is 6. The van der Waals surface area contributed by atoms with E-state index in [9.17, 15) is 8.42 Å². The summed E-state index contributed by atoms with van der Waals surface area (Å²) in [5.41, 5.74) is 5.19. The number of fused-ring (bicyclic) bond motifs is 3. The fourth-order valence-electron chi connectivity index (χ4n) is 3.98. The van der Waals surface area contributed by atoms with E-state index in [1.807, 2.05) is 49.5 Å². The van der Waals surface area contributed by atoms with E-state index in [1.165, 1.54) is 0 Å². The van der Waals surface area contributed by atoms with Crippen molar-refractivity contribution in [2.45, 2.75) is 25.3 Å². The third-order valence-electron chi connectivity index (χ3n) is 5.69. The van der Waals surface area contributed by atoms with Crippen LogP contribution in [0, 0.1) is 6.92 Å². The summed E-state index contributed by atoms with van der Waals surface area (Å²) in [5, 5.41) is 1.91. The van der Waals surface area contributed by atoms with Crippen molar-refractivity contribution in [1.29, 1.82) is 0 Å². The van der Waals surface area contributed by atoms with Crippen LogP contribution in [-0.4, -0.2) is 29.1 Å². The molecule has 0 radical (unpaired) electrons. The van der Waals surface area contributed by atoms with Gasteiger partial charge in [-0.05, 0) is 66.1 Å². The lowest BCUT2D eigenvalue weighted by atomic mass is 9.99. The number of aryl methyl sites for hydroxylation is 1. The van der Waals surface area contributed by atoms with Gasteiger partial charge in [0.25, 0.3) is 0 Å². The van der Waals surface area contributed by atoms with Crippen molar-refractivity contribution in [2.75, 3.05) is 5.75 Å². The number of aromatic nitrogens is 3. The minimum absolute atomic E-state index is 0.0579. The van der Waals surface area contributed by atoms with Crippen LogP contribution in [0.1, 0.15) is 18.2 Å². The highest BCUT2D eigenvalue weighted by molar-refractivity contribution is 7.91. The zero-order chi connectivity index (χ0) is 23.0. The molecule has 0 unspecified atom stereocenters. The molecule has 0 amide bonds. The van der Waals surface area contributed by atoms with E-state index in [-0.39, 0.29) is 5.75 Å². The molecule has 3 aromatic heterocycles. The zero-order valence-electron chi connectivity index (χ0n) is 18.4. The van der Waals surface area contributed by atoms with E-state index >= 15 is 0 Å². The summed E-state index contributed by atoms with van der Waals surface area (Å²) < 4.78 is 31.1. The van der Waals surface area contributed by atoms with Gasteiger partial charge in [-0.3, -0.25) is 4.98 Å². The van der Waals surface area contributed by atoms with Gasteiger partial charge >= 0.3 is 0 Å². The van der Waals surface area contributed by atoms with Gasteiger partial charge in [-0.1, -0.05) is 25.1 Å².